The third-order valence-corrected chi connectivity index (χ3v) is 6.43. The lowest BCUT2D eigenvalue weighted by Gasteiger charge is -2.52. The molecule has 2 aliphatic rings. The van der Waals surface area contributed by atoms with Crippen molar-refractivity contribution in [3.63, 3.8) is 0 Å². The molecule has 1 unspecified atom stereocenters. The molecule has 0 saturated carbocycles. The molecule has 1 aromatic carbocycles. The van der Waals surface area contributed by atoms with Crippen LogP contribution in [0.1, 0.15) is 58.4 Å². The second-order valence-electron chi connectivity index (χ2n) is 9.11. The van der Waals surface area contributed by atoms with E-state index >= 15 is 0 Å². The van der Waals surface area contributed by atoms with E-state index in [9.17, 15) is 9.59 Å². The maximum absolute atomic E-state index is 13.2. The summed E-state index contributed by atoms with van der Waals surface area (Å²) in [5, 5.41) is 3.08. The number of piperazine rings is 1. The number of likely N-dealkylation sites (tertiary alicyclic amines) is 1. The van der Waals surface area contributed by atoms with Crippen molar-refractivity contribution in [3.8, 4) is 0 Å². The van der Waals surface area contributed by atoms with Gasteiger partial charge in [-0.25, -0.2) is 0 Å². The van der Waals surface area contributed by atoms with Crippen molar-refractivity contribution in [2.75, 3.05) is 26.2 Å². The van der Waals surface area contributed by atoms with Crippen LogP contribution in [0.15, 0.2) is 30.3 Å². The Morgan fingerprint density at radius 3 is 2.41 bits per heavy atom. The third kappa shape index (κ3) is 5.00. The Morgan fingerprint density at radius 2 is 1.79 bits per heavy atom. The van der Waals surface area contributed by atoms with Crippen LogP contribution in [0.5, 0.6) is 0 Å². The van der Waals surface area contributed by atoms with Crippen LogP contribution in [0.2, 0.25) is 0 Å². The van der Waals surface area contributed by atoms with E-state index < -0.39 is 5.54 Å². The number of hydrogen-bond donors (Lipinski definition) is 1. The van der Waals surface area contributed by atoms with Crippen molar-refractivity contribution in [2.24, 2.45) is 5.92 Å². The first-order valence-electron chi connectivity index (χ1n) is 11.3. The van der Waals surface area contributed by atoms with E-state index in [2.05, 4.69) is 61.3 Å². The van der Waals surface area contributed by atoms with Crippen LogP contribution in [-0.4, -0.2) is 59.4 Å². The average Bonchev–Trinajstić information content (AvgIpc) is 2.71. The van der Waals surface area contributed by atoms with Gasteiger partial charge in [-0.15, -0.1) is 0 Å². The summed E-state index contributed by atoms with van der Waals surface area (Å²) >= 11 is 0. The Balaban J connectivity index is 1.59. The summed E-state index contributed by atoms with van der Waals surface area (Å²) in [6.45, 7) is 9.77. The van der Waals surface area contributed by atoms with Crippen molar-refractivity contribution in [1.29, 1.82) is 0 Å². The minimum absolute atomic E-state index is 0.0696. The number of carbonyl (C=O) groups is 2. The summed E-state index contributed by atoms with van der Waals surface area (Å²) in [4.78, 5) is 30.7. The highest BCUT2D eigenvalue weighted by Gasteiger charge is 2.53. The zero-order valence-corrected chi connectivity index (χ0v) is 18.3. The zero-order valence-electron chi connectivity index (χ0n) is 18.3. The Morgan fingerprint density at radius 1 is 1.10 bits per heavy atom. The fourth-order valence-electron chi connectivity index (χ4n) is 4.85. The van der Waals surface area contributed by atoms with Crippen LogP contribution in [0.3, 0.4) is 0 Å². The number of rotatable bonds is 8. The summed E-state index contributed by atoms with van der Waals surface area (Å²) < 4.78 is 0. The molecule has 5 heteroatoms. The predicted molar refractivity (Wildman–Crippen MR) is 117 cm³/mol. The number of carbonyl (C=O) groups excluding carboxylic acids is 2. The standard InChI is InChI=1S/C24H37N3O2/c1-4-14-27-22(28)21(18-19(2)3)25-23(29)24(27)12-16-26(17-13-24)15-8-11-20-9-6-5-7-10-20/h5-7,9-10,19,21H,4,8,11-18H2,1-3H3,(H,25,29). The van der Waals surface area contributed by atoms with Crippen LogP contribution < -0.4 is 5.32 Å². The van der Waals surface area contributed by atoms with Gasteiger partial charge in [-0.1, -0.05) is 51.1 Å². The highest BCUT2D eigenvalue weighted by molar-refractivity contribution is 6.00. The van der Waals surface area contributed by atoms with Crippen molar-refractivity contribution in [1.82, 2.24) is 15.1 Å². The van der Waals surface area contributed by atoms with E-state index in [0.717, 1.165) is 51.7 Å². The molecule has 1 spiro atoms. The van der Waals surface area contributed by atoms with Crippen molar-refractivity contribution in [3.05, 3.63) is 35.9 Å². The molecular weight excluding hydrogens is 362 g/mol. The first-order valence-corrected chi connectivity index (χ1v) is 11.3. The van der Waals surface area contributed by atoms with Crippen LogP contribution in [0, 0.1) is 5.92 Å². The summed E-state index contributed by atoms with van der Waals surface area (Å²) in [6.07, 6.45) is 5.29. The van der Waals surface area contributed by atoms with Gasteiger partial charge in [0.25, 0.3) is 0 Å². The number of piperidine rings is 1. The number of aryl methyl sites for hydroxylation is 1. The lowest BCUT2D eigenvalue weighted by Crippen LogP contribution is -2.73. The Labute approximate surface area is 175 Å². The van der Waals surface area contributed by atoms with Crippen LogP contribution in [-0.2, 0) is 16.0 Å². The first kappa shape index (κ1) is 21.8. The SMILES string of the molecule is CCCN1C(=O)C(CC(C)C)NC(=O)C12CCN(CCCc1ccccc1)CC2. The quantitative estimate of drug-likeness (QED) is 0.730. The van der Waals surface area contributed by atoms with Crippen LogP contribution >= 0.6 is 0 Å². The fourth-order valence-corrected chi connectivity index (χ4v) is 4.85. The molecule has 2 aliphatic heterocycles. The van der Waals surface area contributed by atoms with E-state index in [4.69, 9.17) is 0 Å². The monoisotopic (exact) mass is 399 g/mol. The van der Waals surface area contributed by atoms with Gasteiger partial charge in [-0.2, -0.15) is 0 Å². The molecule has 5 nitrogen and oxygen atoms in total. The number of hydrogen-bond acceptors (Lipinski definition) is 3. The molecule has 0 aliphatic carbocycles. The van der Waals surface area contributed by atoms with Gasteiger partial charge in [0.05, 0.1) is 0 Å². The maximum Gasteiger partial charge on any atom is 0.246 e. The number of amides is 2. The molecule has 2 amide bonds. The third-order valence-electron chi connectivity index (χ3n) is 6.43. The normalized spacial score (nSPS) is 22.3. The summed E-state index contributed by atoms with van der Waals surface area (Å²) in [6, 6.07) is 10.2. The van der Waals surface area contributed by atoms with E-state index in [1.54, 1.807) is 0 Å². The molecule has 29 heavy (non-hydrogen) atoms. The first-order chi connectivity index (χ1) is 14.0. The predicted octanol–water partition coefficient (Wildman–Crippen LogP) is 3.24. The number of benzene rings is 1. The van der Waals surface area contributed by atoms with Crippen molar-refractivity contribution < 1.29 is 9.59 Å². The summed E-state index contributed by atoms with van der Waals surface area (Å²) in [7, 11) is 0. The van der Waals surface area contributed by atoms with Gasteiger partial charge in [-0.05, 0) is 56.6 Å². The van der Waals surface area contributed by atoms with Crippen LogP contribution in [0.4, 0.5) is 0 Å². The minimum Gasteiger partial charge on any atom is -0.342 e. The van der Waals surface area contributed by atoms with Gasteiger partial charge in [0.2, 0.25) is 11.8 Å². The Kier molecular flexibility index (Phi) is 7.33. The Hall–Kier alpha value is -1.88. The van der Waals surface area contributed by atoms with Gasteiger partial charge in [0.15, 0.2) is 0 Å². The van der Waals surface area contributed by atoms with Gasteiger partial charge in [-0.3, -0.25) is 9.59 Å². The molecule has 160 valence electrons. The van der Waals surface area contributed by atoms with Gasteiger partial charge >= 0.3 is 0 Å². The molecule has 1 atom stereocenters. The Bertz CT molecular complexity index is 681. The highest BCUT2D eigenvalue weighted by atomic mass is 16.2. The van der Waals surface area contributed by atoms with Gasteiger partial charge in [0.1, 0.15) is 11.6 Å². The smallest absolute Gasteiger partial charge is 0.246 e. The van der Waals surface area contributed by atoms with E-state index in [1.165, 1.54) is 5.56 Å². The lowest BCUT2D eigenvalue weighted by molar-refractivity contribution is -0.161. The van der Waals surface area contributed by atoms with Gasteiger partial charge in [0, 0.05) is 19.6 Å². The molecule has 0 aromatic heterocycles. The molecule has 2 fully saturated rings. The molecular formula is C24H37N3O2. The second-order valence-corrected chi connectivity index (χ2v) is 9.11. The van der Waals surface area contributed by atoms with Crippen molar-refractivity contribution in [2.45, 2.75) is 70.9 Å². The topological polar surface area (TPSA) is 52.7 Å². The highest BCUT2D eigenvalue weighted by Crippen LogP contribution is 2.34. The molecule has 2 heterocycles. The number of nitrogens with one attached hydrogen (secondary N) is 1. The largest absolute Gasteiger partial charge is 0.342 e. The van der Waals surface area contributed by atoms with E-state index in [-0.39, 0.29) is 17.9 Å². The van der Waals surface area contributed by atoms with E-state index in [0.29, 0.717) is 18.9 Å². The fraction of sp³-hybridized carbons (Fsp3) is 0.667. The summed E-state index contributed by atoms with van der Waals surface area (Å²) in [5.74, 6) is 0.575. The second kappa shape index (κ2) is 9.75. The molecule has 1 N–H and O–H groups in total. The lowest BCUT2D eigenvalue weighted by atomic mass is 9.80. The van der Waals surface area contributed by atoms with Crippen molar-refractivity contribution >= 4 is 11.8 Å². The average molecular weight is 400 g/mol. The summed E-state index contributed by atoms with van der Waals surface area (Å²) in [5.41, 5.74) is 0.736. The van der Waals surface area contributed by atoms with E-state index in [1.807, 2.05) is 4.90 Å². The maximum atomic E-state index is 13.2. The number of nitrogens with zero attached hydrogens (tertiary/aromatic N) is 2. The molecule has 3 rings (SSSR count). The van der Waals surface area contributed by atoms with Gasteiger partial charge < -0.3 is 15.1 Å². The molecule has 2 saturated heterocycles. The minimum atomic E-state index is -0.642. The molecule has 1 aromatic rings. The molecule has 0 radical (unpaired) electrons. The van der Waals surface area contributed by atoms with Crippen LogP contribution in [0.25, 0.3) is 0 Å². The zero-order chi connectivity index (χ0) is 20.9. The molecule has 0 bridgehead atoms.